The first kappa shape index (κ1) is 16.8. The first-order valence-electron chi connectivity index (χ1n) is 6.10. The van der Waals surface area contributed by atoms with Gasteiger partial charge in [0.05, 0.1) is 36.7 Å². The van der Waals surface area contributed by atoms with E-state index >= 15 is 0 Å². The van der Waals surface area contributed by atoms with Crippen LogP contribution in [0.15, 0.2) is 12.3 Å². The Morgan fingerprint density at radius 3 is 2.71 bits per heavy atom. The summed E-state index contributed by atoms with van der Waals surface area (Å²) in [6.45, 7) is 1.75. The lowest BCUT2D eigenvalue weighted by Gasteiger charge is -2.18. The summed E-state index contributed by atoms with van der Waals surface area (Å²) in [5, 5.41) is 30.6. The standard InChI is InChI=1S/C12H16N2O7/c1-3-21-10(16)5-9(15)11(17)8-4-7(14(18)19)6-13-12(8)20-2/h4,6,9,11,15,17H,3,5H2,1-2H3. The summed E-state index contributed by atoms with van der Waals surface area (Å²) >= 11 is 0. The third-order valence-corrected chi connectivity index (χ3v) is 2.63. The maximum atomic E-state index is 11.3. The molecule has 2 N–H and O–H groups in total. The summed E-state index contributed by atoms with van der Waals surface area (Å²) in [4.78, 5) is 25.0. The van der Waals surface area contributed by atoms with E-state index in [-0.39, 0.29) is 23.7 Å². The Morgan fingerprint density at radius 2 is 2.19 bits per heavy atom. The van der Waals surface area contributed by atoms with Crippen molar-refractivity contribution in [3.8, 4) is 5.88 Å². The number of carbonyl (C=O) groups is 1. The lowest BCUT2D eigenvalue weighted by atomic mass is 10.0. The normalized spacial score (nSPS) is 13.3. The molecular formula is C12H16N2O7. The number of methoxy groups -OCH3 is 1. The first-order chi connectivity index (χ1) is 9.90. The Balaban J connectivity index is 2.98. The van der Waals surface area contributed by atoms with Crippen molar-refractivity contribution in [3.63, 3.8) is 0 Å². The van der Waals surface area contributed by atoms with E-state index in [2.05, 4.69) is 9.72 Å². The van der Waals surface area contributed by atoms with E-state index < -0.39 is 29.5 Å². The van der Waals surface area contributed by atoms with Crippen molar-refractivity contribution in [2.24, 2.45) is 0 Å². The number of nitro groups is 1. The molecule has 0 saturated heterocycles. The van der Waals surface area contributed by atoms with Gasteiger partial charge in [-0.25, -0.2) is 4.98 Å². The van der Waals surface area contributed by atoms with Crippen LogP contribution in [0.2, 0.25) is 0 Å². The van der Waals surface area contributed by atoms with E-state index in [0.29, 0.717) is 0 Å². The third-order valence-electron chi connectivity index (χ3n) is 2.63. The number of hydrogen-bond donors (Lipinski definition) is 2. The zero-order valence-corrected chi connectivity index (χ0v) is 11.6. The number of aliphatic hydroxyl groups excluding tert-OH is 2. The van der Waals surface area contributed by atoms with Crippen LogP contribution < -0.4 is 4.74 Å². The monoisotopic (exact) mass is 300 g/mol. The smallest absolute Gasteiger partial charge is 0.308 e. The summed E-state index contributed by atoms with van der Waals surface area (Å²) < 4.78 is 9.53. The average molecular weight is 300 g/mol. The van der Waals surface area contributed by atoms with Crippen molar-refractivity contribution >= 4 is 11.7 Å². The van der Waals surface area contributed by atoms with Gasteiger partial charge in [-0.2, -0.15) is 0 Å². The maximum absolute atomic E-state index is 11.3. The zero-order valence-electron chi connectivity index (χ0n) is 11.6. The highest BCUT2D eigenvalue weighted by Crippen LogP contribution is 2.29. The Hall–Kier alpha value is -2.26. The minimum atomic E-state index is -1.57. The van der Waals surface area contributed by atoms with Gasteiger partial charge in [-0.3, -0.25) is 14.9 Å². The van der Waals surface area contributed by atoms with Crippen LogP contribution >= 0.6 is 0 Å². The molecular weight excluding hydrogens is 284 g/mol. The molecule has 0 spiro atoms. The second-order valence-corrected chi connectivity index (χ2v) is 4.07. The molecule has 0 radical (unpaired) electrons. The predicted octanol–water partition coefficient (Wildman–Crippen LogP) is 0.346. The molecule has 1 aromatic heterocycles. The largest absolute Gasteiger partial charge is 0.481 e. The van der Waals surface area contributed by atoms with Gasteiger partial charge < -0.3 is 19.7 Å². The Kier molecular flexibility index (Phi) is 6.00. The number of nitrogens with zero attached hydrogens (tertiary/aromatic N) is 2. The van der Waals surface area contributed by atoms with Crippen molar-refractivity contribution in [1.82, 2.24) is 4.98 Å². The molecule has 116 valence electrons. The zero-order chi connectivity index (χ0) is 16.0. The topological polar surface area (TPSA) is 132 Å². The van der Waals surface area contributed by atoms with Crippen LogP contribution in [-0.4, -0.2) is 45.9 Å². The molecule has 1 heterocycles. The second-order valence-electron chi connectivity index (χ2n) is 4.07. The molecule has 2 atom stereocenters. The number of esters is 1. The number of aliphatic hydroxyl groups is 2. The summed E-state index contributed by atoms with van der Waals surface area (Å²) in [6.07, 6.45) is -2.56. The highest BCUT2D eigenvalue weighted by Gasteiger charge is 2.27. The van der Waals surface area contributed by atoms with Gasteiger partial charge in [0.1, 0.15) is 12.3 Å². The molecule has 21 heavy (non-hydrogen) atoms. The molecule has 0 aliphatic heterocycles. The molecule has 0 aromatic carbocycles. The van der Waals surface area contributed by atoms with E-state index in [1.54, 1.807) is 6.92 Å². The molecule has 1 aromatic rings. The lowest BCUT2D eigenvalue weighted by molar-refractivity contribution is -0.385. The highest BCUT2D eigenvalue weighted by atomic mass is 16.6. The Labute approximate surface area is 120 Å². The molecule has 0 saturated carbocycles. The van der Waals surface area contributed by atoms with Gasteiger partial charge in [0.15, 0.2) is 0 Å². The molecule has 0 fully saturated rings. The van der Waals surface area contributed by atoms with Crippen LogP contribution in [0.25, 0.3) is 0 Å². The van der Waals surface area contributed by atoms with Gasteiger partial charge in [0.25, 0.3) is 5.69 Å². The van der Waals surface area contributed by atoms with Gasteiger partial charge >= 0.3 is 5.97 Å². The van der Waals surface area contributed by atoms with E-state index in [4.69, 9.17) is 4.74 Å². The van der Waals surface area contributed by atoms with Gasteiger partial charge in [0, 0.05) is 6.07 Å². The van der Waals surface area contributed by atoms with Crippen LogP contribution in [0, 0.1) is 10.1 Å². The van der Waals surface area contributed by atoms with Crippen molar-refractivity contribution in [2.75, 3.05) is 13.7 Å². The first-order valence-corrected chi connectivity index (χ1v) is 6.10. The van der Waals surface area contributed by atoms with E-state index in [0.717, 1.165) is 12.3 Å². The number of rotatable bonds is 7. The minimum Gasteiger partial charge on any atom is -0.481 e. The molecule has 0 aliphatic carbocycles. The van der Waals surface area contributed by atoms with Gasteiger partial charge in [0.2, 0.25) is 5.88 Å². The van der Waals surface area contributed by atoms with Crippen molar-refractivity contribution < 1.29 is 29.4 Å². The maximum Gasteiger partial charge on any atom is 0.308 e. The van der Waals surface area contributed by atoms with Crippen LogP contribution in [0.3, 0.4) is 0 Å². The Morgan fingerprint density at radius 1 is 1.52 bits per heavy atom. The number of pyridine rings is 1. The summed E-state index contributed by atoms with van der Waals surface area (Å²) in [6, 6.07) is 1.03. The third kappa shape index (κ3) is 4.36. The molecule has 1 rings (SSSR count). The molecule has 9 heteroatoms. The van der Waals surface area contributed by atoms with E-state index in [1.807, 2.05) is 0 Å². The predicted molar refractivity (Wildman–Crippen MR) is 69.7 cm³/mol. The van der Waals surface area contributed by atoms with Crippen LogP contribution in [0.1, 0.15) is 25.0 Å². The number of carbonyl (C=O) groups excluding carboxylic acids is 1. The quantitative estimate of drug-likeness (QED) is 0.418. The fourth-order valence-corrected chi connectivity index (χ4v) is 1.65. The minimum absolute atomic E-state index is 0.0731. The summed E-state index contributed by atoms with van der Waals surface area (Å²) in [5.74, 6) is -0.766. The van der Waals surface area contributed by atoms with Crippen LogP contribution in [0.5, 0.6) is 5.88 Å². The van der Waals surface area contributed by atoms with E-state index in [1.165, 1.54) is 7.11 Å². The van der Waals surface area contributed by atoms with Gasteiger partial charge in [-0.1, -0.05) is 0 Å². The average Bonchev–Trinajstić information content (AvgIpc) is 2.45. The van der Waals surface area contributed by atoms with Crippen molar-refractivity contribution in [1.29, 1.82) is 0 Å². The van der Waals surface area contributed by atoms with Crippen molar-refractivity contribution in [2.45, 2.75) is 25.6 Å². The van der Waals surface area contributed by atoms with Gasteiger partial charge in [-0.05, 0) is 6.92 Å². The number of ether oxygens (including phenoxy) is 2. The number of hydrogen-bond acceptors (Lipinski definition) is 8. The van der Waals surface area contributed by atoms with Gasteiger partial charge in [-0.15, -0.1) is 0 Å². The Bertz CT molecular complexity index is 520. The SMILES string of the molecule is CCOC(=O)CC(O)C(O)c1cc([N+](=O)[O-])cnc1OC. The molecule has 9 nitrogen and oxygen atoms in total. The summed E-state index contributed by atoms with van der Waals surface area (Å²) in [5.41, 5.74) is -0.448. The fourth-order valence-electron chi connectivity index (χ4n) is 1.65. The summed E-state index contributed by atoms with van der Waals surface area (Å²) in [7, 11) is 1.27. The van der Waals surface area contributed by atoms with Crippen molar-refractivity contribution in [3.05, 3.63) is 27.9 Å². The molecule has 0 amide bonds. The fraction of sp³-hybridized carbons (Fsp3) is 0.500. The van der Waals surface area contributed by atoms with Crippen LogP contribution in [-0.2, 0) is 9.53 Å². The van der Waals surface area contributed by atoms with Crippen LogP contribution in [0.4, 0.5) is 5.69 Å². The molecule has 2 unspecified atom stereocenters. The highest BCUT2D eigenvalue weighted by molar-refractivity contribution is 5.70. The van der Waals surface area contributed by atoms with E-state index in [9.17, 15) is 25.1 Å². The second kappa shape index (κ2) is 7.50. The lowest BCUT2D eigenvalue weighted by Crippen LogP contribution is -2.23. The molecule has 0 bridgehead atoms. The number of aromatic nitrogens is 1. The molecule has 0 aliphatic rings.